The van der Waals surface area contributed by atoms with Crippen LogP contribution in [0.25, 0.3) is 6.08 Å². The molecule has 2 aromatic carbocycles. The van der Waals surface area contributed by atoms with Crippen LogP contribution in [0.1, 0.15) is 5.56 Å². The fourth-order valence-corrected chi connectivity index (χ4v) is 3.81. The van der Waals surface area contributed by atoms with E-state index in [1.54, 1.807) is 39.5 Å². The van der Waals surface area contributed by atoms with Crippen molar-refractivity contribution in [2.45, 2.75) is 0 Å². The third kappa shape index (κ3) is 3.54. The second kappa shape index (κ2) is 7.80. The maximum Gasteiger partial charge on any atom is 0.270 e. The van der Waals surface area contributed by atoms with Gasteiger partial charge < -0.3 is 14.2 Å². The molecule has 3 rings (SSSR count). The van der Waals surface area contributed by atoms with Crippen molar-refractivity contribution in [3.8, 4) is 17.2 Å². The Hall–Kier alpha value is -2.51. The molecule has 0 bridgehead atoms. The van der Waals surface area contributed by atoms with Crippen LogP contribution in [0, 0.1) is 0 Å². The van der Waals surface area contributed by atoms with Crippen LogP contribution in [-0.4, -0.2) is 31.6 Å². The number of rotatable bonds is 5. The third-order valence-electron chi connectivity index (χ3n) is 3.83. The van der Waals surface area contributed by atoms with Crippen LogP contribution in [0.15, 0.2) is 47.4 Å². The normalized spacial score (nSPS) is 15.5. The molecule has 26 heavy (non-hydrogen) atoms. The molecule has 0 atom stereocenters. The summed E-state index contributed by atoms with van der Waals surface area (Å²) in [7, 11) is 4.75. The van der Waals surface area contributed by atoms with Crippen molar-refractivity contribution in [1.29, 1.82) is 0 Å². The second-order valence-corrected chi connectivity index (χ2v) is 7.00. The zero-order chi connectivity index (χ0) is 18.7. The summed E-state index contributed by atoms with van der Waals surface area (Å²) in [5, 5.41) is 0. The maximum atomic E-state index is 12.9. The molecule has 2 aromatic rings. The van der Waals surface area contributed by atoms with E-state index < -0.39 is 0 Å². The summed E-state index contributed by atoms with van der Waals surface area (Å²) in [6.45, 7) is 0. The van der Waals surface area contributed by atoms with E-state index in [4.69, 9.17) is 26.4 Å². The van der Waals surface area contributed by atoms with Gasteiger partial charge in [-0.25, -0.2) is 0 Å². The molecule has 1 aliphatic heterocycles. The second-order valence-electron chi connectivity index (χ2n) is 5.33. The van der Waals surface area contributed by atoms with Gasteiger partial charge in [-0.2, -0.15) is 0 Å². The number of thioether (sulfide) groups is 1. The van der Waals surface area contributed by atoms with Crippen LogP contribution in [0.5, 0.6) is 17.2 Å². The quantitative estimate of drug-likeness (QED) is 0.568. The van der Waals surface area contributed by atoms with E-state index in [0.717, 1.165) is 5.56 Å². The van der Waals surface area contributed by atoms with Gasteiger partial charge in [-0.3, -0.25) is 9.69 Å². The summed E-state index contributed by atoms with van der Waals surface area (Å²) in [6, 6.07) is 12.7. The molecule has 0 radical (unpaired) electrons. The van der Waals surface area contributed by atoms with Gasteiger partial charge in [-0.1, -0.05) is 30.0 Å². The number of benzene rings is 2. The molecule has 7 heteroatoms. The molecule has 134 valence electrons. The Kier molecular flexibility index (Phi) is 5.49. The van der Waals surface area contributed by atoms with Crippen molar-refractivity contribution < 1.29 is 19.0 Å². The molecule has 0 spiro atoms. The fraction of sp³-hybridized carbons (Fsp3) is 0.158. The summed E-state index contributed by atoms with van der Waals surface area (Å²) in [6.07, 6.45) is 1.78. The van der Waals surface area contributed by atoms with Gasteiger partial charge in [0.1, 0.15) is 17.2 Å². The molecule has 5 nitrogen and oxygen atoms in total. The van der Waals surface area contributed by atoms with Crippen molar-refractivity contribution in [2.75, 3.05) is 26.2 Å². The molecule has 1 heterocycles. The molecule has 0 N–H and O–H groups in total. The van der Waals surface area contributed by atoms with Gasteiger partial charge in [0, 0.05) is 17.7 Å². The van der Waals surface area contributed by atoms with E-state index in [9.17, 15) is 4.79 Å². The standard InChI is InChI=1S/C19H17NO4S2/c1-22-14-6-4-5-13(10-14)20-18(21)17(26-19(20)25)9-12-7-8-15(23-2)11-16(12)24-3/h4-11H,1-3H3/b17-9-. The van der Waals surface area contributed by atoms with E-state index in [1.807, 2.05) is 30.3 Å². The molecular weight excluding hydrogens is 370 g/mol. The van der Waals surface area contributed by atoms with Crippen molar-refractivity contribution in [2.24, 2.45) is 0 Å². The summed E-state index contributed by atoms with van der Waals surface area (Å²) in [5.41, 5.74) is 1.45. The number of carbonyl (C=O) groups excluding carboxylic acids is 1. The Morgan fingerprint density at radius 1 is 1.00 bits per heavy atom. The van der Waals surface area contributed by atoms with Gasteiger partial charge in [-0.05, 0) is 30.3 Å². The lowest BCUT2D eigenvalue weighted by Gasteiger charge is -2.15. The van der Waals surface area contributed by atoms with Crippen LogP contribution >= 0.6 is 24.0 Å². The zero-order valence-corrected chi connectivity index (χ0v) is 16.1. The van der Waals surface area contributed by atoms with Crippen LogP contribution in [0.3, 0.4) is 0 Å². The van der Waals surface area contributed by atoms with E-state index in [0.29, 0.717) is 32.2 Å². The van der Waals surface area contributed by atoms with Gasteiger partial charge in [0.2, 0.25) is 0 Å². The van der Waals surface area contributed by atoms with Crippen molar-refractivity contribution >= 4 is 46.0 Å². The van der Waals surface area contributed by atoms with Crippen LogP contribution in [0.4, 0.5) is 5.69 Å². The van der Waals surface area contributed by atoms with Crippen LogP contribution in [0.2, 0.25) is 0 Å². The molecular formula is C19H17NO4S2. The average molecular weight is 387 g/mol. The number of hydrogen-bond acceptors (Lipinski definition) is 6. The first-order chi connectivity index (χ1) is 12.6. The Bertz CT molecular complexity index is 895. The Morgan fingerprint density at radius 2 is 1.73 bits per heavy atom. The number of anilines is 1. The van der Waals surface area contributed by atoms with Gasteiger partial charge in [0.25, 0.3) is 5.91 Å². The lowest BCUT2D eigenvalue weighted by atomic mass is 10.1. The number of carbonyl (C=O) groups is 1. The van der Waals surface area contributed by atoms with E-state index in [-0.39, 0.29) is 5.91 Å². The lowest BCUT2D eigenvalue weighted by Crippen LogP contribution is -2.27. The number of ether oxygens (including phenoxy) is 3. The molecule has 1 amide bonds. The first-order valence-electron chi connectivity index (χ1n) is 7.71. The molecule has 0 aliphatic carbocycles. The zero-order valence-electron chi connectivity index (χ0n) is 14.5. The minimum Gasteiger partial charge on any atom is -0.497 e. The smallest absolute Gasteiger partial charge is 0.270 e. The monoisotopic (exact) mass is 387 g/mol. The van der Waals surface area contributed by atoms with E-state index >= 15 is 0 Å². The minimum atomic E-state index is -0.175. The first kappa shape index (κ1) is 18.3. The maximum absolute atomic E-state index is 12.9. The Morgan fingerprint density at radius 3 is 2.42 bits per heavy atom. The number of hydrogen-bond donors (Lipinski definition) is 0. The Labute approximate surface area is 161 Å². The molecule has 0 aromatic heterocycles. The van der Waals surface area contributed by atoms with Crippen molar-refractivity contribution in [3.05, 3.63) is 52.9 Å². The summed E-state index contributed by atoms with van der Waals surface area (Å²) in [4.78, 5) is 14.9. The molecule has 0 saturated carbocycles. The van der Waals surface area contributed by atoms with E-state index in [2.05, 4.69) is 0 Å². The number of nitrogens with zero attached hydrogens (tertiary/aromatic N) is 1. The van der Waals surface area contributed by atoms with E-state index in [1.165, 1.54) is 16.7 Å². The Balaban J connectivity index is 1.95. The fourth-order valence-electron chi connectivity index (χ4n) is 2.52. The van der Waals surface area contributed by atoms with Crippen LogP contribution < -0.4 is 19.1 Å². The van der Waals surface area contributed by atoms with Crippen molar-refractivity contribution in [1.82, 2.24) is 0 Å². The minimum absolute atomic E-state index is 0.175. The molecule has 1 aliphatic rings. The lowest BCUT2D eigenvalue weighted by molar-refractivity contribution is -0.113. The highest BCUT2D eigenvalue weighted by Gasteiger charge is 2.33. The van der Waals surface area contributed by atoms with Crippen LogP contribution in [-0.2, 0) is 4.79 Å². The first-order valence-corrected chi connectivity index (χ1v) is 8.94. The highest BCUT2D eigenvalue weighted by Crippen LogP contribution is 2.38. The third-order valence-corrected chi connectivity index (χ3v) is 5.13. The molecule has 1 fully saturated rings. The van der Waals surface area contributed by atoms with Gasteiger partial charge in [0.05, 0.1) is 31.9 Å². The number of thiocarbonyl (C=S) groups is 1. The largest absolute Gasteiger partial charge is 0.497 e. The van der Waals surface area contributed by atoms with Crippen molar-refractivity contribution in [3.63, 3.8) is 0 Å². The summed E-state index contributed by atoms with van der Waals surface area (Å²) >= 11 is 6.66. The SMILES string of the molecule is COc1cccc(N2C(=O)/C(=C/c3ccc(OC)cc3OC)SC2=S)c1. The summed E-state index contributed by atoms with van der Waals surface area (Å²) < 4.78 is 16.3. The average Bonchev–Trinajstić information content (AvgIpc) is 2.95. The topological polar surface area (TPSA) is 48.0 Å². The number of amides is 1. The van der Waals surface area contributed by atoms with Gasteiger partial charge >= 0.3 is 0 Å². The highest BCUT2D eigenvalue weighted by molar-refractivity contribution is 8.27. The highest BCUT2D eigenvalue weighted by atomic mass is 32.2. The predicted molar refractivity (Wildman–Crippen MR) is 108 cm³/mol. The van der Waals surface area contributed by atoms with Gasteiger partial charge in [-0.15, -0.1) is 0 Å². The molecule has 0 unspecified atom stereocenters. The van der Waals surface area contributed by atoms with Gasteiger partial charge in [0.15, 0.2) is 4.32 Å². The predicted octanol–water partition coefficient (Wildman–Crippen LogP) is 4.12. The number of methoxy groups -OCH3 is 3. The molecule has 1 saturated heterocycles. The summed E-state index contributed by atoms with van der Waals surface area (Å²) in [5.74, 6) is 1.79.